The van der Waals surface area contributed by atoms with E-state index in [9.17, 15) is 14.4 Å². The van der Waals surface area contributed by atoms with Crippen molar-refractivity contribution in [3.05, 3.63) is 71.8 Å². The molecule has 32 heavy (non-hydrogen) atoms. The lowest BCUT2D eigenvalue weighted by Crippen LogP contribution is -2.54. The van der Waals surface area contributed by atoms with E-state index in [-0.39, 0.29) is 29.8 Å². The van der Waals surface area contributed by atoms with E-state index in [0.29, 0.717) is 18.8 Å². The van der Waals surface area contributed by atoms with Gasteiger partial charge in [0.1, 0.15) is 12.1 Å². The molecule has 2 aromatic carbocycles. The van der Waals surface area contributed by atoms with Gasteiger partial charge in [-0.1, -0.05) is 81.4 Å². The molecule has 1 spiro atoms. The molecular formula is C26H31N3O3. The highest BCUT2D eigenvalue weighted by Gasteiger charge is 2.56. The fraction of sp³-hybridized carbons (Fsp3) is 0.423. The van der Waals surface area contributed by atoms with Crippen LogP contribution in [0.25, 0.3) is 0 Å². The van der Waals surface area contributed by atoms with Crippen molar-refractivity contribution in [3.8, 4) is 0 Å². The van der Waals surface area contributed by atoms with Gasteiger partial charge in [0.2, 0.25) is 5.91 Å². The lowest BCUT2D eigenvalue weighted by atomic mass is 9.64. The Morgan fingerprint density at radius 3 is 2.12 bits per heavy atom. The van der Waals surface area contributed by atoms with Crippen LogP contribution in [0.4, 0.5) is 4.79 Å². The number of nitrogens with one attached hydrogen (secondary N) is 2. The molecule has 6 nitrogen and oxygen atoms in total. The first-order valence-corrected chi connectivity index (χ1v) is 11.2. The Labute approximate surface area is 189 Å². The molecule has 2 N–H and O–H groups in total. The molecule has 1 heterocycles. The minimum absolute atomic E-state index is 0.0510. The van der Waals surface area contributed by atoms with Crippen LogP contribution >= 0.6 is 0 Å². The SMILES string of the molecule is C[C@@H]1CC(C)(C)C[C@]2(C1)NC(=O)N(CC(=O)NC(c1ccccc1)c1ccccc1)C2=O. The monoisotopic (exact) mass is 433 g/mol. The Hall–Kier alpha value is -3.15. The van der Waals surface area contributed by atoms with Gasteiger partial charge < -0.3 is 10.6 Å². The Morgan fingerprint density at radius 1 is 1.03 bits per heavy atom. The van der Waals surface area contributed by atoms with Gasteiger partial charge in [-0.3, -0.25) is 14.5 Å². The van der Waals surface area contributed by atoms with E-state index in [4.69, 9.17) is 0 Å². The summed E-state index contributed by atoms with van der Waals surface area (Å²) in [6, 6.07) is 18.5. The lowest BCUT2D eigenvalue weighted by Gasteiger charge is -2.43. The molecule has 4 amide bonds. The lowest BCUT2D eigenvalue weighted by molar-refractivity contribution is -0.137. The van der Waals surface area contributed by atoms with Gasteiger partial charge >= 0.3 is 6.03 Å². The smallest absolute Gasteiger partial charge is 0.325 e. The summed E-state index contributed by atoms with van der Waals surface area (Å²) in [5, 5.41) is 5.96. The molecule has 1 saturated carbocycles. The van der Waals surface area contributed by atoms with Crippen LogP contribution in [0.5, 0.6) is 0 Å². The van der Waals surface area contributed by atoms with E-state index < -0.39 is 11.6 Å². The zero-order valence-corrected chi connectivity index (χ0v) is 18.9. The van der Waals surface area contributed by atoms with E-state index in [2.05, 4.69) is 31.4 Å². The average Bonchev–Trinajstić information content (AvgIpc) is 2.95. The summed E-state index contributed by atoms with van der Waals surface area (Å²) in [6.45, 7) is 6.08. The van der Waals surface area contributed by atoms with Gasteiger partial charge in [0.25, 0.3) is 5.91 Å². The van der Waals surface area contributed by atoms with Crippen molar-refractivity contribution in [2.75, 3.05) is 6.54 Å². The van der Waals surface area contributed by atoms with Crippen LogP contribution in [0.15, 0.2) is 60.7 Å². The maximum Gasteiger partial charge on any atom is 0.325 e. The molecule has 1 aliphatic carbocycles. The second-order valence-corrected chi connectivity index (χ2v) is 10.1. The number of carbonyl (C=O) groups is 3. The molecule has 1 saturated heterocycles. The highest BCUT2D eigenvalue weighted by atomic mass is 16.2. The quantitative estimate of drug-likeness (QED) is 0.699. The summed E-state index contributed by atoms with van der Waals surface area (Å²) < 4.78 is 0. The third kappa shape index (κ3) is 4.40. The van der Waals surface area contributed by atoms with Crippen LogP contribution in [0.3, 0.4) is 0 Å². The largest absolute Gasteiger partial charge is 0.344 e. The van der Waals surface area contributed by atoms with Crippen LogP contribution in [0, 0.1) is 11.3 Å². The normalized spacial score (nSPS) is 24.6. The van der Waals surface area contributed by atoms with Gasteiger partial charge in [-0.2, -0.15) is 0 Å². The van der Waals surface area contributed by atoms with Crippen LogP contribution < -0.4 is 10.6 Å². The molecule has 2 atom stereocenters. The number of carbonyl (C=O) groups excluding carboxylic acids is 3. The van der Waals surface area contributed by atoms with E-state index in [0.717, 1.165) is 22.4 Å². The van der Waals surface area contributed by atoms with Crippen LogP contribution in [-0.4, -0.2) is 34.8 Å². The third-order valence-corrected chi connectivity index (χ3v) is 6.50. The van der Waals surface area contributed by atoms with Gasteiger partial charge in [0.15, 0.2) is 0 Å². The molecule has 168 valence electrons. The topological polar surface area (TPSA) is 78.5 Å². The van der Waals surface area contributed by atoms with Gasteiger partial charge in [-0.05, 0) is 41.7 Å². The zero-order chi connectivity index (χ0) is 22.9. The molecule has 1 aliphatic heterocycles. The minimum atomic E-state index is -0.906. The van der Waals surface area contributed by atoms with E-state index in [1.165, 1.54) is 0 Å². The zero-order valence-electron chi connectivity index (χ0n) is 18.9. The molecular weight excluding hydrogens is 402 g/mol. The molecule has 0 bridgehead atoms. The number of urea groups is 1. The Kier molecular flexibility index (Phi) is 5.80. The Morgan fingerprint density at radius 2 is 1.59 bits per heavy atom. The maximum atomic E-state index is 13.3. The first-order valence-electron chi connectivity index (χ1n) is 11.2. The predicted octanol–water partition coefficient (Wildman–Crippen LogP) is 4.03. The minimum Gasteiger partial charge on any atom is -0.344 e. The van der Waals surface area contributed by atoms with Crippen molar-refractivity contribution in [3.63, 3.8) is 0 Å². The summed E-state index contributed by atoms with van der Waals surface area (Å²) in [5.74, 6) is -0.336. The number of amides is 4. The van der Waals surface area contributed by atoms with Gasteiger partial charge in [0, 0.05) is 0 Å². The Bertz CT molecular complexity index is 966. The standard InChI is InChI=1S/C26H31N3O3/c1-18-14-25(2,3)17-26(15-18)23(31)29(24(32)28-26)16-21(30)27-22(19-10-6-4-7-11-19)20-12-8-5-9-13-20/h4-13,18,22H,14-17H2,1-3H3,(H,27,30)(H,28,32)/t18-,26+/m1/s1. The summed E-state index contributed by atoms with van der Waals surface area (Å²) in [7, 11) is 0. The summed E-state index contributed by atoms with van der Waals surface area (Å²) in [4.78, 5) is 40.2. The van der Waals surface area contributed by atoms with E-state index in [1.54, 1.807) is 0 Å². The van der Waals surface area contributed by atoms with Crippen molar-refractivity contribution in [1.82, 2.24) is 15.5 Å². The average molecular weight is 434 g/mol. The molecule has 0 radical (unpaired) electrons. The molecule has 6 heteroatoms. The number of imide groups is 1. The molecule has 0 unspecified atom stereocenters. The first-order chi connectivity index (χ1) is 15.2. The summed E-state index contributed by atoms with van der Waals surface area (Å²) in [5.41, 5.74) is 0.911. The predicted molar refractivity (Wildman–Crippen MR) is 123 cm³/mol. The highest BCUT2D eigenvalue weighted by Crippen LogP contribution is 2.46. The molecule has 0 aromatic heterocycles. The maximum absolute atomic E-state index is 13.3. The second-order valence-electron chi connectivity index (χ2n) is 10.1. The van der Waals surface area contributed by atoms with E-state index >= 15 is 0 Å². The molecule has 2 fully saturated rings. The van der Waals surface area contributed by atoms with Crippen LogP contribution in [-0.2, 0) is 9.59 Å². The van der Waals surface area contributed by atoms with Gasteiger partial charge in [-0.25, -0.2) is 4.79 Å². The van der Waals surface area contributed by atoms with Crippen molar-refractivity contribution in [2.24, 2.45) is 11.3 Å². The Balaban J connectivity index is 1.52. The van der Waals surface area contributed by atoms with Crippen molar-refractivity contribution in [2.45, 2.75) is 51.6 Å². The number of hydrogen-bond donors (Lipinski definition) is 2. The number of hydrogen-bond acceptors (Lipinski definition) is 3. The van der Waals surface area contributed by atoms with Crippen molar-refractivity contribution in [1.29, 1.82) is 0 Å². The fourth-order valence-corrected chi connectivity index (χ4v) is 5.65. The molecule has 2 aliphatic rings. The molecule has 2 aromatic rings. The summed E-state index contributed by atoms with van der Waals surface area (Å²) in [6.07, 6.45) is 2.20. The fourth-order valence-electron chi connectivity index (χ4n) is 5.65. The number of benzene rings is 2. The van der Waals surface area contributed by atoms with Crippen LogP contribution in [0.2, 0.25) is 0 Å². The molecule has 4 rings (SSSR count). The van der Waals surface area contributed by atoms with Crippen molar-refractivity contribution < 1.29 is 14.4 Å². The van der Waals surface area contributed by atoms with E-state index in [1.807, 2.05) is 60.7 Å². The number of rotatable bonds is 5. The second kappa shape index (κ2) is 8.41. The van der Waals surface area contributed by atoms with Gasteiger partial charge in [-0.15, -0.1) is 0 Å². The highest BCUT2D eigenvalue weighted by molar-refractivity contribution is 6.09. The van der Waals surface area contributed by atoms with Gasteiger partial charge in [0.05, 0.1) is 6.04 Å². The van der Waals surface area contributed by atoms with Crippen LogP contribution in [0.1, 0.15) is 57.2 Å². The number of nitrogens with zero attached hydrogens (tertiary/aromatic N) is 1. The summed E-state index contributed by atoms with van der Waals surface area (Å²) >= 11 is 0. The van der Waals surface area contributed by atoms with Crippen molar-refractivity contribution >= 4 is 17.8 Å². The first kappa shape index (κ1) is 22.1. The third-order valence-electron chi connectivity index (χ3n) is 6.50.